The number of allylic oxidation sites excluding steroid dienone is 1. The van der Waals surface area contributed by atoms with Crippen molar-refractivity contribution < 1.29 is 14.1 Å². The zero-order valence-corrected chi connectivity index (χ0v) is 20.3. The highest BCUT2D eigenvalue weighted by Gasteiger charge is 2.62. The van der Waals surface area contributed by atoms with Crippen molar-refractivity contribution in [3.8, 4) is 0 Å². The first-order valence-corrected chi connectivity index (χ1v) is 13.3. The average molecular weight is 417 g/mol. The van der Waals surface area contributed by atoms with Gasteiger partial charge in [0.05, 0.1) is 51.9 Å². The summed E-state index contributed by atoms with van der Waals surface area (Å²) in [7, 11) is 5.01. The zero-order valence-electron chi connectivity index (χ0n) is 20.3. The predicted molar refractivity (Wildman–Crippen MR) is 124 cm³/mol. The van der Waals surface area contributed by atoms with Gasteiger partial charge in [-0.25, -0.2) is 0 Å². The average Bonchev–Trinajstić information content (AvgIpc) is 3.16. The van der Waals surface area contributed by atoms with Crippen molar-refractivity contribution in [2.45, 2.75) is 89.6 Å². The smallest absolute Gasteiger partial charge is 0.102 e. The van der Waals surface area contributed by atoms with Gasteiger partial charge in [-0.05, 0) is 56.3 Å². The summed E-state index contributed by atoms with van der Waals surface area (Å²) in [5, 5.41) is 9.83. The van der Waals surface area contributed by atoms with E-state index in [1.165, 1.54) is 88.3 Å². The Labute approximate surface area is 185 Å². The molecule has 3 heteroatoms. The Morgan fingerprint density at radius 2 is 1.73 bits per heavy atom. The maximum Gasteiger partial charge on any atom is 0.102 e. The number of quaternary nitrogens is 2. The second kappa shape index (κ2) is 7.32. The van der Waals surface area contributed by atoms with Crippen LogP contribution in [0.4, 0.5) is 0 Å². The van der Waals surface area contributed by atoms with Crippen LogP contribution in [0.1, 0.15) is 78.1 Å². The molecule has 2 saturated carbocycles. The highest BCUT2D eigenvalue weighted by atomic mass is 16.3. The van der Waals surface area contributed by atoms with Gasteiger partial charge in [0.2, 0.25) is 0 Å². The van der Waals surface area contributed by atoms with Crippen molar-refractivity contribution in [2.75, 3.05) is 46.9 Å². The summed E-state index contributed by atoms with van der Waals surface area (Å²) in [5.74, 6) is 2.63. The molecule has 2 saturated heterocycles. The molecule has 170 valence electrons. The van der Waals surface area contributed by atoms with Crippen LogP contribution in [0.5, 0.6) is 0 Å². The summed E-state index contributed by atoms with van der Waals surface area (Å²) in [6, 6.07) is 0.886. The third kappa shape index (κ3) is 2.94. The molecule has 2 aliphatic heterocycles. The lowest BCUT2D eigenvalue weighted by molar-refractivity contribution is -0.969. The van der Waals surface area contributed by atoms with Crippen LogP contribution in [0.2, 0.25) is 0 Å². The second-order valence-corrected chi connectivity index (χ2v) is 12.9. The second-order valence-electron chi connectivity index (χ2n) is 12.9. The number of piperidine rings is 1. The lowest BCUT2D eigenvalue weighted by atomic mass is 9.47. The molecule has 3 aliphatic carbocycles. The number of rotatable bonds is 3. The molecule has 3 nitrogen and oxygen atoms in total. The van der Waals surface area contributed by atoms with E-state index in [4.69, 9.17) is 0 Å². The van der Waals surface area contributed by atoms with Crippen molar-refractivity contribution >= 4 is 0 Å². The fourth-order valence-corrected chi connectivity index (χ4v) is 9.60. The Bertz CT molecular complexity index is 693. The molecular formula is C27H48N2O+2. The van der Waals surface area contributed by atoms with Crippen molar-refractivity contribution in [3.05, 3.63) is 11.6 Å². The number of fused-ring (bicyclic) bond motifs is 5. The Morgan fingerprint density at radius 1 is 0.967 bits per heavy atom. The number of aliphatic hydroxyl groups excluding tert-OH is 1. The fourth-order valence-electron chi connectivity index (χ4n) is 9.60. The van der Waals surface area contributed by atoms with E-state index in [1.807, 2.05) is 5.57 Å². The predicted octanol–water partition coefficient (Wildman–Crippen LogP) is 4.75. The summed E-state index contributed by atoms with van der Waals surface area (Å²) in [5.41, 5.74) is 2.70. The monoisotopic (exact) mass is 416 g/mol. The Balaban J connectivity index is 1.41. The van der Waals surface area contributed by atoms with Crippen LogP contribution in [0, 0.1) is 23.2 Å². The lowest BCUT2D eigenvalue weighted by Gasteiger charge is -2.64. The SMILES string of the molecule is C[C@]12CC[C@H]([N+]3(C)CCCC3)CC1=CC[C@@H]1[C@@H]2CC[C@@]2(C)[C@H]1CCC[N@+]2(C)CCO. The largest absolute Gasteiger partial charge is 0.391 e. The molecule has 5 aliphatic rings. The van der Waals surface area contributed by atoms with Gasteiger partial charge in [-0.2, -0.15) is 0 Å². The molecule has 5 rings (SSSR count). The van der Waals surface area contributed by atoms with E-state index in [-0.39, 0.29) is 0 Å². The maximum atomic E-state index is 9.83. The quantitative estimate of drug-likeness (QED) is 0.520. The minimum atomic E-state index is 0.340. The molecule has 0 aromatic heterocycles. The third-order valence-corrected chi connectivity index (χ3v) is 11.9. The molecule has 30 heavy (non-hydrogen) atoms. The van der Waals surface area contributed by atoms with E-state index in [0.717, 1.165) is 34.8 Å². The molecule has 4 fully saturated rings. The highest BCUT2D eigenvalue weighted by molar-refractivity contribution is 5.25. The number of hydrogen-bond acceptors (Lipinski definition) is 1. The molecule has 0 radical (unpaired) electrons. The van der Waals surface area contributed by atoms with Gasteiger partial charge in [-0.3, -0.25) is 0 Å². The molecule has 0 bridgehead atoms. The maximum absolute atomic E-state index is 9.83. The van der Waals surface area contributed by atoms with Crippen LogP contribution in [0.3, 0.4) is 0 Å². The van der Waals surface area contributed by atoms with Crippen LogP contribution in [0.25, 0.3) is 0 Å². The zero-order chi connectivity index (χ0) is 21.2. The molecule has 0 aromatic rings. The standard InChI is InChI=1S/C27H48N2O/c1-26-13-11-22(28(3)15-5-6-16-28)20-21(26)9-10-23-24(26)12-14-27(2)25(23)8-7-17-29(27,4)18-19-30/h9,22-25,30H,5-8,10-20H2,1-4H3/q+2/t22-,23+,24-,25-,26-,27-,29+/m0/s1. The summed E-state index contributed by atoms with van der Waals surface area (Å²) in [4.78, 5) is 0. The summed E-state index contributed by atoms with van der Waals surface area (Å²) in [6.45, 7) is 10.7. The van der Waals surface area contributed by atoms with Gasteiger partial charge < -0.3 is 14.1 Å². The number of nitrogens with zero attached hydrogens (tertiary/aromatic N) is 2. The van der Waals surface area contributed by atoms with E-state index in [0.29, 0.717) is 17.6 Å². The van der Waals surface area contributed by atoms with Gasteiger partial charge in [-0.1, -0.05) is 18.6 Å². The van der Waals surface area contributed by atoms with E-state index >= 15 is 0 Å². The molecular weight excluding hydrogens is 368 g/mol. The summed E-state index contributed by atoms with van der Waals surface area (Å²) >= 11 is 0. The van der Waals surface area contributed by atoms with Crippen molar-refractivity contribution in [1.29, 1.82) is 0 Å². The number of aliphatic hydroxyl groups is 1. The van der Waals surface area contributed by atoms with Crippen LogP contribution in [-0.4, -0.2) is 72.5 Å². The van der Waals surface area contributed by atoms with Gasteiger partial charge in [0.25, 0.3) is 0 Å². The number of likely N-dealkylation sites (N-methyl/N-ethyl adjacent to an activating group) is 1. The molecule has 0 unspecified atom stereocenters. The van der Waals surface area contributed by atoms with Gasteiger partial charge in [0.15, 0.2) is 0 Å². The van der Waals surface area contributed by atoms with Crippen LogP contribution in [0.15, 0.2) is 11.6 Å². The summed E-state index contributed by atoms with van der Waals surface area (Å²) < 4.78 is 2.47. The molecule has 2 heterocycles. The normalized spacial score (nSPS) is 50.2. The minimum absolute atomic E-state index is 0.340. The van der Waals surface area contributed by atoms with E-state index in [2.05, 4.69) is 34.0 Å². The van der Waals surface area contributed by atoms with Crippen LogP contribution < -0.4 is 0 Å². The molecule has 1 N–H and O–H groups in total. The van der Waals surface area contributed by atoms with Crippen LogP contribution >= 0.6 is 0 Å². The third-order valence-electron chi connectivity index (χ3n) is 11.9. The van der Waals surface area contributed by atoms with E-state index in [9.17, 15) is 5.11 Å². The topological polar surface area (TPSA) is 20.2 Å². The number of hydrogen-bond donors (Lipinski definition) is 1. The first-order valence-electron chi connectivity index (χ1n) is 13.3. The Morgan fingerprint density at radius 3 is 2.47 bits per heavy atom. The van der Waals surface area contributed by atoms with E-state index in [1.54, 1.807) is 0 Å². The molecule has 0 aromatic carbocycles. The minimum Gasteiger partial charge on any atom is -0.391 e. The Hall–Kier alpha value is -0.380. The Kier molecular flexibility index (Phi) is 5.24. The van der Waals surface area contributed by atoms with Crippen molar-refractivity contribution in [2.24, 2.45) is 23.2 Å². The van der Waals surface area contributed by atoms with Gasteiger partial charge in [-0.15, -0.1) is 0 Å². The van der Waals surface area contributed by atoms with Crippen molar-refractivity contribution in [1.82, 2.24) is 0 Å². The number of likely N-dealkylation sites (tertiary alicyclic amines) is 2. The van der Waals surface area contributed by atoms with Gasteiger partial charge >= 0.3 is 0 Å². The molecule has 7 atom stereocenters. The first kappa shape index (κ1) is 21.5. The van der Waals surface area contributed by atoms with E-state index < -0.39 is 0 Å². The highest BCUT2D eigenvalue weighted by Crippen LogP contribution is 2.63. The van der Waals surface area contributed by atoms with Crippen molar-refractivity contribution in [3.63, 3.8) is 0 Å². The molecule has 0 amide bonds. The summed E-state index contributed by atoms with van der Waals surface area (Å²) in [6.07, 6.45) is 16.8. The fraction of sp³-hybridized carbons (Fsp3) is 0.926. The molecule has 0 spiro atoms. The first-order chi connectivity index (χ1) is 14.3. The lowest BCUT2D eigenvalue weighted by Crippen LogP contribution is -2.71. The van der Waals surface area contributed by atoms with Crippen LogP contribution in [-0.2, 0) is 0 Å². The van der Waals surface area contributed by atoms with Gasteiger partial charge in [0.1, 0.15) is 6.54 Å². The van der Waals surface area contributed by atoms with Gasteiger partial charge in [0, 0.05) is 38.0 Å².